The molecule has 1 aromatic rings. The van der Waals surface area contributed by atoms with E-state index in [0.29, 0.717) is 32.4 Å². The Morgan fingerprint density at radius 1 is 1.19 bits per heavy atom. The first-order valence-corrected chi connectivity index (χ1v) is 12.2. The topological polar surface area (TPSA) is 66.5 Å². The zero-order valence-corrected chi connectivity index (χ0v) is 19.8. The number of hydrogen-bond donors (Lipinski definition) is 1. The summed E-state index contributed by atoms with van der Waals surface area (Å²) in [5, 5.41) is 2.58. The van der Waals surface area contributed by atoms with Crippen LogP contribution in [-0.4, -0.2) is 44.0 Å². The number of rotatable bonds is 6. The molecule has 0 saturated carbocycles. The average Bonchev–Trinajstić information content (AvgIpc) is 2.64. The van der Waals surface area contributed by atoms with Gasteiger partial charge in [0.2, 0.25) is 10.0 Å². The summed E-state index contributed by atoms with van der Waals surface area (Å²) in [5.74, 6) is -0.798. The minimum Gasteiger partial charge on any atom is -0.351 e. The van der Waals surface area contributed by atoms with Gasteiger partial charge in [0, 0.05) is 24.7 Å². The van der Waals surface area contributed by atoms with Crippen molar-refractivity contribution >= 4 is 27.5 Å². The minimum atomic E-state index is -4.71. The van der Waals surface area contributed by atoms with Crippen molar-refractivity contribution in [2.24, 2.45) is 10.8 Å². The fraction of sp³-hybridized carbons (Fsp3) is 0.667. The molecule has 0 spiro atoms. The molecule has 1 aromatic carbocycles. The second-order valence-electron chi connectivity index (χ2n) is 9.41. The van der Waals surface area contributed by atoms with Gasteiger partial charge in [0.15, 0.2) is 0 Å². The van der Waals surface area contributed by atoms with Crippen LogP contribution in [0.2, 0.25) is 5.02 Å². The Morgan fingerprint density at radius 2 is 1.77 bits per heavy atom. The first kappa shape index (κ1) is 25.9. The number of alkyl halides is 3. The van der Waals surface area contributed by atoms with Crippen molar-refractivity contribution in [1.82, 2.24) is 9.62 Å². The van der Waals surface area contributed by atoms with Gasteiger partial charge in [-0.15, -0.1) is 0 Å². The lowest BCUT2D eigenvalue weighted by molar-refractivity contribution is -0.137. The largest absolute Gasteiger partial charge is 0.417 e. The van der Waals surface area contributed by atoms with Crippen LogP contribution in [0, 0.1) is 10.8 Å². The van der Waals surface area contributed by atoms with E-state index in [-0.39, 0.29) is 22.7 Å². The molecule has 1 N–H and O–H groups in total. The lowest BCUT2D eigenvalue weighted by Gasteiger charge is -2.44. The highest BCUT2D eigenvalue weighted by molar-refractivity contribution is 7.89. The number of nitrogens with zero attached hydrogens (tertiary/aromatic N) is 1. The first-order valence-electron chi connectivity index (χ1n) is 10.2. The van der Waals surface area contributed by atoms with Gasteiger partial charge in [-0.2, -0.15) is 13.2 Å². The molecule has 176 valence electrons. The van der Waals surface area contributed by atoms with E-state index in [0.717, 1.165) is 12.1 Å². The van der Waals surface area contributed by atoms with Crippen molar-refractivity contribution in [3.05, 3.63) is 34.3 Å². The molecule has 31 heavy (non-hydrogen) atoms. The second kappa shape index (κ2) is 9.27. The van der Waals surface area contributed by atoms with E-state index in [2.05, 4.69) is 5.32 Å². The van der Waals surface area contributed by atoms with E-state index in [4.69, 9.17) is 11.6 Å². The van der Waals surface area contributed by atoms with Crippen LogP contribution >= 0.6 is 11.6 Å². The maximum absolute atomic E-state index is 13.4. The van der Waals surface area contributed by atoms with E-state index in [1.807, 2.05) is 20.8 Å². The summed E-state index contributed by atoms with van der Waals surface area (Å²) >= 11 is 5.70. The maximum Gasteiger partial charge on any atom is 0.417 e. The SMILES string of the molecule is CCS(=O)(=O)N1CCC(CNC(=O)c2ccc(Cl)cc2C(F)(F)F)(CC(C)(C)C)CC1. The lowest BCUT2D eigenvalue weighted by atomic mass is 9.68. The van der Waals surface area contributed by atoms with Crippen molar-refractivity contribution in [2.75, 3.05) is 25.4 Å². The third-order valence-electron chi connectivity index (χ3n) is 5.60. The smallest absolute Gasteiger partial charge is 0.351 e. The Bertz CT molecular complexity index is 903. The zero-order chi connectivity index (χ0) is 23.7. The van der Waals surface area contributed by atoms with E-state index >= 15 is 0 Å². The van der Waals surface area contributed by atoms with Crippen LogP contribution in [0.1, 0.15) is 62.9 Å². The molecular formula is C21H30ClF3N2O3S. The van der Waals surface area contributed by atoms with Gasteiger partial charge in [-0.25, -0.2) is 12.7 Å². The summed E-state index contributed by atoms with van der Waals surface area (Å²) in [7, 11) is -3.31. The van der Waals surface area contributed by atoms with Crippen molar-refractivity contribution in [3.63, 3.8) is 0 Å². The number of halogens is 4. The molecule has 0 aromatic heterocycles. The third-order valence-corrected chi connectivity index (χ3v) is 7.72. The summed E-state index contributed by atoms with van der Waals surface area (Å²) in [6.45, 7) is 8.57. The highest BCUT2D eigenvalue weighted by atomic mass is 35.5. The Morgan fingerprint density at radius 3 is 2.26 bits per heavy atom. The fourth-order valence-corrected chi connectivity index (χ4v) is 5.55. The van der Waals surface area contributed by atoms with Gasteiger partial charge in [0.05, 0.1) is 16.9 Å². The van der Waals surface area contributed by atoms with Crippen LogP contribution in [0.15, 0.2) is 18.2 Å². The number of nitrogens with one attached hydrogen (secondary N) is 1. The molecule has 1 amide bonds. The predicted molar refractivity (Wildman–Crippen MR) is 116 cm³/mol. The lowest BCUT2D eigenvalue weighted by Crippen LogP contribution is -2.49. The summed E-state index contributed by atoms with van der Waals surface area (Å²) in [6.07, 6.45) is -2.96. The van der Waals surface area contributed by atoms with E-state index in [1.165, 1.54) is 10.4 Å². The van der Waals surface area contributed by atoms with Gasteiger partial charge in [-0.05, 0) is 55.2 Å². The van der Waals surface area contributed by atoms with Crippen LogP contribution in [0.4, 0.5) is 13.2 Å². The molecule has 0 unspecified atom stereocenters. The van der Waals surface area contributed by atoms with E-state index in [9.17, 15) is 26.4 Å². The van der Waals surface area contributed by atoms with E-state index < -0.39 is 38.6 Å². The molecular weight excluding hydrogens is 453 g/mol. The first-order chi connectivity index (χ1) is 14.1. The molecule has 1 fully saturated rings. The third kappa shape index (κ3) is 6.83. The molecule has 1 aliphatic rings. The van der Waals surface area contributed by atoms with Crippen molar-refractivity contribution in [2.45, 2.75) is 53.1 Å². The molecule has 0 aliphatic carbocycles. The molecule has 0 radical (unpaired) electrons. The Kier molecular flexibility index (Phi) is 7.76. The number of amides is 1. The van der Waals surface area contributed by atoms with Crippen LogP contribution in [0.5, 0.6) is 0 Å². The average molecular weight is 483 g/mol. The predicted octanol–water partition coefficient (Wildman–Crippen LogP) is 4.96. The van der Waals surface area contributed by atoms with Gasteiger partial charge >= 0.3 is 6.18 Å². The van der Waals surface area contributed by atoms with Gasteiger partial charge in [0.1, 0.15) is 0 Å². The summed E-state index contributed by atoms with van der Waals surface area (Å²) in [4.78, 5) is 12.7. The zero-order valence-electron chi connectivity index (χ0n) is 18.3. The summed E-state index contributed by atoms with van der Waals surface area (Å²) in [6, 6.07) is 3.08. The van der Waals surface area contributed by atoms with Crippen molar-refractivity contribution in [3.8, 4) is 0 Å². The normalized spacial score (nSPS) is 18.1. The van der Waals surface area contributed by atoms with Crippen LogP contribution in [0.25, 0.3) is 0 Å². The van der Waals surface area contributed by atoms with Crippen molar-refractivity contribution < 1.29 is 26.4 Å². The molecule has 0 bridgehead atoms. The molecule has 2 rings (SSSR count). The maximum atomic E-state index is 13.4. The van der Waals surface area contributed by atoms with Crippen LogP contribution in [-0.2, 0) is 16.2 Å². The number of carbonyl (C=O) groups is 1. The Labute approximate surface area is 187 Å². The Hall–Kier alpha value is -1.32. The number of sulfonamides is 1. The van der Waals surface area contributed by atoms with Gasteiger partial charge in [-0.3, -0.25) is 4.79 Å². The fourth-order valence-electron chi connectivity index (χ4n) is 4.27. The molecule has 0 atom stereocenters. The molecule has 1 aliphatic heterocycles. The molecule has 5 nitrogen and oxygen atoms in total. The second-order valence-corrected chi connectivity index (χ2v) is 12.1. The molecule has 10 heteroatoms. The summed E-state index contributed by atoms with van der Waals surface area (Å²) in [5.41, 5.74) is -2.06. The molecule has 1 heterocycles. The minimum absolute atomic E-state index is 0.0206. The van der Waals surface area contributed by atoms with Crippen molar-refractivity contribution in [1.29, 1.82) is 0 Å². The van der Waals surface area contributed by atoms with Crippen LogP contribution < -0.4 is 5.32 Å². The van der Waals surface area contributed by atoms with Gasteiger partial charge in [0.25, 0.3) is 5.91 Å². The number of benzene rings is 1. The van der Waals surface area contributed by atoms with Crippen LogP contribution in [0.3, 0.4) is 0 Å². The molecule has 1 saturated heterocycles. The van der Waals surface area contributed by atoms with Gasteiger partial charge in [-0.1, -0.05) is 32.4 Å². The monoisotopic (exact) mass is 482 g/mol. The highest BCUT2D eigenvalue weighted by Crippen LogP contribution is 2.42. The van der Waals surface area contributed by atoms with E-state index in [1.54, 1.807) is 6.92 Å². The Balaban J connectivity index is 2.22. The number of hydrogen-bond acceptors (Lipinski definition) is 3. The van der Waals surface area contributed by atoms with Gasteiger partial charge < -0.3 is 5.32 Å². The highest BCUT2D eigenvalue weighted by Gasteiger charge is 2.41. The number of carbonyl (C=O) groups excluding carboxylic acids is 1. The number of piperidine rings is 1. The standard InChI is InChI=1S/C21H30ClF3N2O3S/c1-5-31(29,30)27-10-8-20(9-11-27,13-19(2,3)4)14-26-18(28)16-7-6-15(22)12-17(16)21(23,24)25/h6-7,12H,5,8-11,13-14H2,1-4H3,(H,26,28). The quantitative estimate of drug-likeness (QED) is 0.623. The summed E-state index contributed by atoms with van der Waals surface area (Å²) < 4.78 is 66.0.